The number of esters is 1. The topological polar surface area (TPSA) is 129 Å². The second-order valence-corrected chi connectivity index (χ2v) is 9.78. The molecule has 1 saturated heterocycles. The Balaban J connectivity index is 1.55. The maximum Gasteiger partial charge on any atom is 0.333 e. The van der Waals surface area contributed by atoms with Crippen LogP contribution in [0.4, 0.5) is 0 Å². The minimum atomic E-state index is -1.25. The van der Waals surface area contributed by atoms with Crippen LogP contribution in [0.15, 0.2) is 24.0 Å². The molecule has 0 radical (unpaired) electrons. The van der Waals surface area contributed by atoms with Crippen molar-refractivity contribution >= 4 is 11.9 Å². The Hall–Kier alpha value is -2.62. The van der Waals surface area contributed by atoms with Crippen molar-refractivity contribution in [2.75, 3.05) is 13.6 Å². The van der Waals surface area contributed by atoms with Crippen molar-refractivity contribution in [3.05, 3.63) is 35.1 Å². The van der Waals surface area contributed by atoms with Gasteiger partial charge in [0.05, 0.1) is 11.0 Å². The summed E-state index contributed by atoms with van der Waals surface area (Å²) in [5.74, 6) is -0.753. The standard InChI is InChI=1S/C24H30N2O7/c1-12(25-21(29)13(2)27)22(30)32-16-7-9-24(31)17-11-14-5-6-15(28)19-18(14)23(24,20(16)33-19)8-4-10-26(17)3/h5-7,12-13,17,20,27-28,31H,4,8-11H2,1-3H3,(H,25,29)/t12-,13-,17+,20-,23-,24+/m0/s1. The number of hydrogen-bond acceptors (Lipinski definition) is 8. The largest absolute Gasteiger partial charge is 0.504 e. The SMILES string of the molecule is C[C@H](O)C(=O)N[C@@H](C)C(=O)OC1=CC[C@@]2(O)[C@H]3Cc4ccc(O)c5c4[C@@]2(CCCN3C)[C@H]1O5. The monoisotopic (exact) mass is 458 g/mol. The van der Waals surface area contributed by atoms with E-state index in [1.807, 2.05) is 13.1 Å². The van der Waals surface area contributed by atoms with Gasteiger partial charge in [0.1, 0.15) is 17.9 Å². The van der Waals surface area contributed by atoms with Crippen molar-refractivity contribution in [2.45, 2.75) is 74.8 Å². The minimum Gasteiger partial charge on any atom is -0.504 e. The van der Waals surface area contributed by atoms with E-state index in [0.29, 0.717) is 18.6 Å². The first-order valence-corrected chi connectivity index (χ1v) is 11.4. The number of nitrogens with zero attached hydrogens (tertiary/aromatic N) is 1. The number of carbonyl (C=O) groups excluding carboxylic acids is 2. The van der Waals surface area contributed by atoms with Gasteiger partial charge in [0.15, 0.2) is 17.6 Å². The Morgan fingerprint density at radius 3 is 2.82 bits per heavy atom. The van der Waals surface area contributed by atoms with Gasteiger partial charge in [-0.2, -0.15) is 0 Å². The third kappa shape index (κ3) is 2.95. The van der Waals surface area contributed by atoms with Crippen LogP contribution in [0.5, 0.6) is 11.5 Å². The lowest BCUT2D eigenvalue weighted by Crippen LogP contribution is -2.69. The fourth-order valence-electron chi connectivity index (χ4n) is 6.29. The average Bonchev–Trinajstić information content (AvgIpc) is 3.10. The molecule has 4 N–H and O–H groups in total. The van der Waals surface area contributed by atoms with Gasteiger partial charge in [-0.3, -0.25) is 4.79 Å². The number of phenolic OH excluding ortho intramolecular Hbond substituents is 1. The molecule has 0 unspecified atom stereocenters. The summed E-state index contributed by atoms with van der Waals surface area (Å²) in [6.45, 7) is 3.60. The molecule has 1 aromatic carbocycles. The summed E-state index contributed by atoms with van der Waals surface area (Å²) in [6.07, 6.45) is 2.00. The number of likely N-dealkylation sites (N-methyl/N-ethyl adjacent to an activating group) is 1. The van der Waals surface area contributed by atoms with E-state index in [2.05, 4.69) is 10.2 Å². The van der Waals surface area contributed by atoms with E-state index in [0.717, 1.165) is 24.1 Å². The van der Waals surface area contributed by atoms with Gasteiger partial charge in [-0.05, 0) is 64.4 Å². The van der Waals surface area contributed by atoms with Crippen LogP contribution in [0.2, 0.25) is 0 Å². The van der Waals surface area contributed by atoms with Gasteiger partial charge in [-0.1, -0.05) is 6.07 Å². The van der Waals surface area contributed by atoms with Gasteiger partial charge < -0.3 is 35.0 Å². The fourth-order valence-corrected chi connectivity index (χ4v) is 6.29. The number of amides is 1. The number of carbonyl (C=O) groups is 2. The first-order valence-electron chi connectivity index (χ1n) is 11.4. The first kappa shape index (κ1) is 22.2. The number of likely N-dealkylation sites (tertiary alicyclic amines) is 1. The highest BCUT2D eigenvalue weighted by Gasteiger charge is 2.71. The number of aromatic hydroxyl groups is 1. The van der Waals surface area contributed by atoms with Crippen LogP contribution < -0.4 is 10.1 Å². The highest BCUT2D eigenvalue weighted by atomic mass is 16.6. The van der Waals surface area contributed by atoms with E-state index in [9.17, 15) is 24.9 Å². The molecular weight excluding hydrogens is 428 g/mol. The molecule has 1 amide bonds. The molecular formula is C24H30N2O7. The molecule has 1 fully saturated rings. The Labute approximate surface area is 192 Å². The van der Waals surface area contributed by atoms with Gasteiger partial charge in [0.2, 0.25) is 5.91 Å². The molecule has 1 aromatic rings. The molecule has 1 spiro atoms. The molecule has 2 aliphatic carbocycles. The summed E-state index contributed by atoms with van der Waals surface area (Å²) in [6, 6.07) is 2.37. The van der Waals surface area contributed by atoms with Crippen molar-refractivity contribution in [2.24, 2.45) is 0 Å². The summed E-state index contributed by atoms with van der Waals surface area (Å²) in [4.78, 5) is 26.8. The second kappa shape index (κ2) is 7.44. The van der Waals surface area contributed by atoms with Crippen molar-refractivity contribution in [1.29, 1.82) is 0 Å². The van der Waals surface area contributed by atoms with Crippen LogP contribution in [-0.2, 0) is 26.2 Å². The highest BCUT2D eigenvalue weighted by Crippen LogP contribution is 2.64. The smallest absolute Gasteiger partial charge is 0.333 e. The van der Waals surface area contributed by atoms with E-state index < -0.39 is 41.1 Å². The number of ether oxygens (including phenoxy) is 2. The van der Waals surface area contributed by atoms with E-state index in [-0.39, 0.29) is 24.0 Å². The van der Waals surface area contributed by atoms with Gasteiger partial charge in [-0.15, -0.1) is 0 Å². The van der Waals surface area contributed by atoms with Crippen molar-refractivity contribution < 1.29 is 34.4 Å². The lowest BCUT2D eigenvalue weighted by Gasteiger charge is -2.56. The highest BCUT2D eigenvalue weighted by molar-refractivity contribution is 5.86. The van der Waals surface area contributed by atoms with Crippen LogP contribution >= 0.6 is 0 Å². The molecule has 2 bridgehead atoms. The normalized spacial score (nSPS) is 33.7. The number of phenols is 1. The lowest BCUT2D eigenvalue weighted by atomic mass is 9.52. The molecule has 2 aliphatic heterocycles. The maximum atomic E-state index is 12.8. The van der Waals surface area contributed by atoms with Crippen molar-refractivity contribution in [1.82, 2.24) is 10.2 Å². The minimum absolute atomic E-state index is 0.000770. The van der Waals surface area contributed by atoms with Crippen LogP contribution in [0.1, 0.15) is 44.2 Å². The van der Waals surface area contributed by atoms with Gasteiger partial charge in [0.25, 0.3) is 0 Å². The molecule has 0 saturated carbocycles. The summed E-state index contributed by atoms with van der Waals surface area (Å²) < 4.78 is 12.0. The number of aliphatic hydroxyl groups is 2. The zero-order valence-electron chi connectivity index (χ0n) is 19.0. The molecule has 4 aliphatic rings. The number of benzene rings is 1. The Morgan fingerprint density at radius 1 is 1.33 bits per heavy atom. The summed E-state index contributed by atoms with van der Waals surface area (Å²) in [5.41, 5.74) is -0.171. The van der Waals surface area contributed by atoms with Crippen molar-refractivity contribution in [3.8, 4) is 11.5 Å². The predicted molar refractivity (Wildman–Crippen MR) is 117 cm³/mol. The van der Waals surface area contributed by atoms with Crippen LogP contribution in [0.3, 0.4) is 0 Å². The summed E-state index contributed by atoms with van der Waals surface area (Å²) in [7, 11) is 2.02. The zero-order valence-corrected chi connectivity index (χ0v) is 19.0. The lowest BCUT2D eigenvalue weighted by molar-refractivity contribution is -0.152. The molecule has 9 nitrogen and oxygen atoms in total. The number of nitrogens with one attached hydrogen (secondary N) is 1. The summed E-state index contributed by atoms with van der Waals surface area (Å²) in [5, 5.41) is 34.7. The van der Waals surface area contributed by atoms with Gasteiger partial charge in [-0.25, -0.2) is 4.79 Å². The third-order valence-electron chi connectivity index (χ3n) is 7.89. The van der Waals surface area contributed by atoms with Gasteiger partial charge >= 0.3 is 5.97 Å². The van der Waals surface area contributed by atoms with Crippen LogP contribution in [0, 0.1) is 0 Å². The molecule has 6 atom stereocenters. The van der Waals surface area contributed by atoms with Crippen molar-refractivity contribution in [3.63, 3.8) is 0 Å². The van der Waals surface area contributed by atoms with E-state index in [1.165, 1.54) is 13.8 Å². The molecule has 5 rings (SSSR count). The predicted octanol–water partition coefficient (Wildman–Crippen LogP) is 0.489. The Kier molecular flexibility index (Phi) is 5.00. The van der Waals surface area contributed by atoms with Crippen LogP contribution in [0.25, 0.3) is 0 Å². The van der Waals surface area contributed by atoms with Gasteiger partial charge in [0, 0.05) is 18.0 Å². The molecule has 33 heavy (non-hydrogen) atoms. The average molecular weight is 459 g/mol. The maximum absolute atomic E-state index is 12.8. The molecule has 9 heteroatoms. The molecule has 2 heterocycles. The zero-order chi connectivity index (χ0) is 23.7. The molecule has 178 valence electrons. The summed E-state index contributed by atoms with van der Waals surface area (Å²) >= 11 is 0. The Morgan fingerprint density at radius 2 is 2.09 bits per heavy atom. The van der Waals surface area contributed by atoms with Crippen LogP contribution in [-0.4, -0.2) is 75.6 Å². The fraction of sp³-hybridized carbons (Fsp3) is 0.583. The van der Waals surface area contributed by atoms with E-state index in [4.69, 9.17) is 9.47 Å². The third-order valence-corrected chi connectivity index (χ3v) is 7.89. The number of rotatable bonds is 4. The second-order valence-electron chi connectivity index (χ2n) is 9.78. The first-order chi connectivity index (χ1) is 15.6. The number of aliphatic hydroxyl groups excluding tert-OH is 1. The molecule has 0 aromatic heterocycles. The van der Waals surface area contributed by atoms with E-state index >= 15 is 0 Å². The number of hydrogen-bond donors (Lipinski definition) is 4. The van der Waals surface area contributed by atoms with E-state index in [1.54, 1.807) is 12.1 Å². The quantitative estimate of drug-likeness (QED) is 0.480. The Bertz CT molecular complexity index is 1050.